The lowest BCUT2D eigenvalue weighted by Gasteiger charge is -2.27. The molecule has 254 valence electrons. The summed E-state index contributed by atoms with van der Waals surface area (Å²) in [5.74, 6) is -1.15. The molecule has 1 heterocycles. The molecule has 0 saturated carbocycles. The molecule has 3 rings (SSSR count). The fourth-order valence-corrected chi connectivity index (χ4v) is 5.49. The SMILES string of the molecule is CCCCCCCCCCCC1COB(c2ccc(C(=O)Oc3ccc(C(=O)OC(CCCCCC)C(F)(F)F)cc3)cc2)OC1. The van der Waals surface area contributed by atoms with E-state index in [9.17, 15) is 22.8 Å². The number of ether oxygens (including phenoxy) is 2. The molecule has 1 aliphatic heterocycles. The normalized spacial score (nSPS) is 14.7. The zero-order chi connectivity index (χ0) is 33.2. The van der Waals surface area contributed by atoms with Gasteiger partial charge in [0.05, 0.1) is 11.1 Å². The maximum Gasteiger partial charge on any atom is 0.493 e. The highest BCUT2D eigenvalue weighted by molar-refractivity contribution is 6.61. The van der Waals surface area contributed by atoms with E-state index in [1.54, 1.807) is 24.3 Å². The Balaban J connectivity index is 1.39. The van der Waals surface area contributed by atoms with Gasteiger partial charge in [0.2, 0.25) is 0 Å². The molecule has 0 N–H and O–H groups in total. The quantitative estimate of drug-likeness (QED) is 0.0618. The third-order valence-corrected chi connectivity index (χ3v) is 8.34. The minimum absolute atomic E-state index is 0.0603. The molecular weight excluding hydrogens is 596 g/mol. The van der Waals surface area contributed by atoms with Crippen LogP contribution in [0.15, 0.2) is 48.5 Å². The number of rotatable bonds is 20. The molecule has 0 aliphatic carbocycles. The Kier molecular flexibility index (Phi) is 16.7. The third-order valence-electron chi connectivity index (χ3n) is 8.34. The summed E-state index contributed by atoms with van der Waals surface area (Å²) in [5, 5.41) is 0. The van der Waals surface area contributed by atoms with Gasteiger partial charge in [0.1, 0.15) is 5.75 Å². The molecule has 0 bridgehead atoms. The highest BCUT2D eigenvalue weighted by atomic mass is 19.4. The summed E-state index contributed by atoms with van der Waals surface area (Å²) < 4.78 is 62.3. The Morgan fingerprint density at radius 1 is 0.739 bits per heavy atom. The fraction of sp³-hybridized carbons (Fsp3) is 0.611. The largest absolute Gasteiger partial charge is 0.493 e. The molecule has 1 fully saturated rings. The van der Waals surface area contributed by atoms with Crippen LogP contribution in [0.1, 0.15) is 131 Å². The zero-order valence-electron chi connectivity index (χ0n) is 27.5. The number of hydrogen-bond donors (Lipinski definition) is 0. The van der Waals surface area contributed by atoms with Gasteiger partial charge in [-0.25, -0.2) is 9.59 Å². The van der Waals surface area contributed by atoms with Crippen molar-refractivity contribution in [3.63, 3.8) is 0 Å². The van der Waals surface area contributed by atoms with Crippen LogP contribution in [-0.4, -0.2) is 44.6 Å². The second-order valence-electron chi connectivity index (χ2n) is 12.3. The smallest absolute Gasteiger partial charge is 0.449 e. The Morgan fingerprint density at radius 2 is 1.24 bits per heavy atom. The Hall–Kier alpha value is -2.85. The van der Waals surface area contributed by atoms with Gasteiger partial charge in [0.25, 0.3) is 0 Å². The van der Waals surface area contributed by atoms with Crippen molar-refractivity contribution in [2.75, 3.05) is 13.2 Å². The van der Waals surface area contributed by atoms with Gasteiger partial charge in [-0.3, -0.25) is 0 Å². The molecule has 2 aromatic rings. The molecule has 1 aliphatic rings. The molecule has 0 aromatic heterocycles. The highest BCUT2D eigenvalue weighted by Crippen LogP contribution is 2.28. The minimum atomic E-state index is -4.64. The van der Waals surface area contributed by atoms with Crippen LogP contribution >= 0.6 is 0 Å². The van der Waals surface area contributed by atoms with Gasteiger partial charge in [0, 0.05) is 19.1 Å². The van der Waals surface area contributed by atoms with E-state index in [-0.39, 0.29) is 17.7 Å². The summed E-state index contributed by atoms with van der Waals surface area (Å²) in [6.45, 7) is 5.50. The Labute approximate surface area is 272 Å². The topological polar surface area (TPSA) is 71.1 Å². The van der Waals surface area contributed by atoms with Crippen LogP contribution in [0, 0.1) is 5.92 Å². The maximum atomic E-state index is 13.4. The monoisotopic (exact) mass is 646 g/mol. The number of esters is 2. The number of carbonyl (C=O) groups is 2. The van der Waals surface area contributed by atoms with Crippen molar-refractivity contribution in [2.45, 2.75) is 122 Å². The number of carbonyl (C=O) groups excluding carboxylic acids is 2. The van der Waals surface area contributed by atoms with Gasteiger partial charge in [-0.15, -0.1) is 0 Å². The Bertz CT molecular complexity index is 1150. The van der Waals surface area contributed by atoms with Gasteiger partial charge < -0.3 is 18.8 Å². The standard InChI is InChI=1S/C36H50BF3O6/c1-3-5-7-9-10-11-12-13-14-16-28-26-43-37(44-27-28)31-22-18-29(19-23-31)34(41)45-32-24-20-30(21-25-32)35(42)46-33(36(38,39)40)17-15-8-6-4-2/h18-25,28,33H,3-17,26-27H2,1-2H3. The summed E-state index contributed by atoms with van der Waals surface area (Å²) >= 11 is 0. The first-order valence-electron chi connectivity index (χ1n) is 17.1. The van der Waals surface area contributed by atoms with Crippen LogP contribution in [0.25, 0.3) is 0 Å². The fourth-order valence-electron chi connectivity index (χ4n) is 5.49. The van der Waals surface area contributed by atoms with Crippen molar-refractivity contribution in [1.82, 2.24) is 0 Å². The number of benzene rings is 2. The van der Waals surface area contributed by atoms with Crippen LogP contribution in [0.2, 0.25) is 0 Å². The number of alkyl halides is 3. The van der Waals surface area contributed by atoms with Crippen molar-refractivity contribution >= 4 is 24.5 Å². The van der Waals surface area contributed by atoms with E-state index in [4.69, 9.17) is 18.8 Å². The van der Waals surface area contributed by atoms with Crippen LogP contribution in [0.3, 0.4) is 0 Å². The highest BCUT2D eigenvalue weighted by Gasteiger charge is 2.42. The van der Waals surface area contributed by atoms with Crippen molar-refractivity contribution in [3.05, 3.63) is 59.7 Å². The van der Waals surface area contributed by atoms with Crippen LogP contribution in [0.5, 0.6) is 5.75 Å². The van der Waals surface area contributed by atoms with E-state index < -0.39 is 31.3 Å². The van der Waals surface area contributed by atoms with E-state index in [2.05, 4.69) is 6.92 Å². The number of unbranched alkanes of at least 4 members (excludes halogenated alkanes) is 11. The molecule has 1 atom stereocenters. The van der Waals surface area contributed by atoms with E-state index in [0.29, 0.717) is 37.5 Å². The van der Waals surface area contributed by atoms with E-state index in [1.165, 1.54) is 82.1 Å². The van der Waals surface area contributed by atoms with Gasteiger partial charge >= 0.3 is 25.2 Å². The van der Waals surface area contributed by atoms with E-state index in [0.717, 1.165) is 24.7 Å². The second kappa shape index (κ2) is 20.4. The van der Waals surface area contributed by atoms with E-state index >= 15 is 0 Å². The molecule has 10 heteroatoms. The van der Waals surface area contributed by atoms with Crippen LogP contribution < -0.4 is 10.2 Å². The van der Waals surface area contributed by atoms with Gasteiger partial charge in [-0.1, -0.05) is 103 Å². The first-order chi connectivity index (χ1) is 22.2. The first kappa shape index (κ1) is 37.6. The average molecular weight is 647 g/mol. The summed E-state index contributed by atoms with van der Waals surface area (Å²) in [7, 11) is -0.481. The summed E-state index contributed by atoms with van der Waals surface area (Å²) in [6.07, 6.45) is 8.46. The molecule has 2 aromatic carbocycles. The van der Waals surface area contributed by atoms with Gasteiger partial charge in [-0.05, 0) is 61.1 Å². The molecule has 0 amide bonds. The molecule has 6 nitrogen and oxygen atoms in total. The molecule has 0 radical (unpaired) electrons. The van der Waals surface area contributed by atoms with Crippen LogP contribution in [-0.2, 0) is 14.0 Å². The average Bonchev–Trinajstić information content (AvgIpc) is 3.05. The molecule has 1 unspecified atom stereocenters. The summed E-state index contributed by atoms with van der Waals surface area (Å²) in [6, 6.07) is 12.0. The molecule has 46 heavy (non-hydrogen) atoms. The first-order valence-corrected chi connectivity index (χ1v) is 17.1. The number of halogens is 3. The molecule has 1 saturated heterocycles. The van der Waals surface area contributed by atoms with Crippen molar-refractivity contribution in [3.8, 4) is 5.75 Å². The lowest BCUT2D eigenvalue weighted by molar-refractivity contribution is -0.206. The zero-order valence-corrected chi connectivity index (χ0v) is 27.5. The summed E-state index contributed by atoms with van der Waals surface area (Å²) in [4.78, 5) is 25.1. The van der Waals surface area contributed by atoms with Crippen LogP contribution in [0.4, 0.5) is 13.2 Å². The lowest BCUT2D eigenvalue weighted by Crippen LogP contribution is -2.44. The van der Waals surface area contributed by atoms with Gasteiger partial charge in [-0.2, -0.15) is 13.2 Å². The lowest BCUT2D eigenvalue weighted by atomic mass is 9.77. The van der Waals surface area contributed by atoms with Crippen molar-refractivity contribution < 1.29 is 41.5 Å². The van der Waals surface area contributed by atoms with Crippen molar-refractivity contribution in [2.24, 2.45) is 5.92 Å². The molecular formula is C36H50BF3O6. The third kappa shape index (κ3) is 13.5. The van der Waals surface area contributed by atoms with E-state index in [1.807, 2.05) is 6.92 Å². The van der Waals surface area contributed by atoms with Gasteiger partial charge in [0.15, 0.2) is 6.10 Å². The number of hydrogen-bond acceptors (Lipinski definition) is 6. The maximum absolute atomic E-state index is 13.4. The predicted octanol–water partition coefficient (Wildman–Crippen LogP) is 9.24. The summed E-state index contributed by atoms with van der Waals surface area (Å²) in [5.41, 5.74) is 1.06. The second-order valence-corrected chi connectivity index (χ2v) is 12.3. The Morgan fingerprint density at radius 3 is 1.80 bits per heavy atom. The molecule has 0 spiro atoms. The minimum Gasteiger partial charge on any atom is -0.449 e. The predicted molar refractivity (Wildman–Crippen MR) is 174 cm³/mol. The van der Waals surface area contributed by atoms with Crippen molar-refractivity contribution in [1.29, 1.82) is 0 Å².